The molecule has 4 rings (SSSR count). The standard InChI is InChI=1S/C21H34O/c1-3-4-5-6-7-8-11-22-19-14-17-13-18(19)20-15-9-10-16(12-15)21(17,20)2/h9-10,15-20H,3-8,11-14H2,1-2H3. The minimum atomic E-state index is 0.603. The third kappa shape index (κ3) is 2.22. The zero-order chi connectivity index (χ0) is 15.2. The number of unbranched alkanes of at least 4 members (excludes halogenated alkanes) is 5. The molecule has 0 aliphatic heterocycles. The zero-order valence-corrected chi connectivity index (χ0v) is 14.6. The maximum atomic E-state index is 6.38. The van der Waals surface area contributed by atoms with E-state index in [2.05, 4.69) is 26.0 Å². The normalized spacial score (nSPS) is 47.5. The van der Waals surface area contributed by atoms with Gasteiger partial charge in [-0.05, 0) is 60.7 Å². The molecule has 1 heteroatoms. The Kier molecular flexibility index (Phi) is 4.13. The molecule has 3 saturated carbocycles. The number of allylic oxidation sites excluding steroid dienone is 2. The summed E-state index contributed by atoms with van der Waals surface area (Å²) in [6.45, 7) is 5.92. The lowest BCUT2D eigenvalue weighted by atomic mass is 9.61. The SMILES string of the molecule is CCCCCCCCOC1CC2CC1C1C3C=CC(C3)C21C. The molecule has 124 valence electrons. The zero-order valence-electron chi connectivity index (χ0n) is 14.6. The summed E-state index contributed by atoms with van der Waals surface area (Å²) < 4.78 is 6.38. The first-order valence-corrected chi connectivity index (χ1v) is 10.0. The number of hydrogen-bond donors (Lipinski definition) is 0. The Balaban J connectivity index is 1.25. The van der Waals surface area contributed by atoms with Gasteiger partial charge in [-0.3, -0.25) is 0 Å². The maximum absolute atomic E-state index is 6.38. The topological polar surface area (TPSA) is 9.23 Å². The molecule has 0 N–H and O–H groups in total. The summed E-state index contributed by atoms with van der Waals surface area (Å²) in [6.07, 6.45) is 18.2. The first kappa shape index (κ1) is 15.2. The van der Waals surface area contributed by atoms with Gasteiger partial charge in [0.05, 0.1) is 6.10 Å². The van der Waals surface area contributed by atoms with Crippen LogP contribution in [0, 0.1) is 35.0 Å². The van der Waals surface area contributed by atoms with Crippen LogP contribution in [0.1, 0.15) is 71.6 Å². The molecular formula is C21H34O. The highest BCUT2D eigenvalue weighted by Gasteiger charge is 2.67. The average molecular weight is 303 g/mol. The fraction of sp³-hybridized carbons (Fsp3) is 0.905. The summed E-state index contributed by atoms with van der Waals surface area (Å²) in [5.74, 6) is 4.59. The molecule has 4 aliphatic rings. The van der Waals surface area contributed by atoms with Gasteiger partial charge in [-0.25, -0.2) is 0 Å². The van der Waals surface area contributed by atoms with Gasteiger partial charge < -0.3 is 4.74 Å². The smallest absolute Gasteiger partial charge is 0.0609 e. The van der Waals surface area contributed by atoms with Crippen LogP contribution in [0.2, 0.25) is 0 Å². The molecular weight excluding hydrogens is 268 g/mol. The monoisotopic (exact) mass is 302 g/mol. The Bertz CT molecular complexity index is 428. The Morgan fingerprint density at radius 2 is 1.82 bits per heavy atom. The highest BCUT2D eigenvalue weighted by atomic mass is 16.5. The van der Waals surface area contributed by atoms with Crippen molar-refractivity contribution in [1.82, 2.24) is 0 Å². The fourth-order valence-electron chi connectivity index (χ4n) is 6.74. The van der Waals surface area contributed by atoms with Crippen LogP contribution in [0.25, 0.3) is 0 Å². The first-order chi connectivity index (χ1) is 10.7. The Morgan fingerprint density at radius 1 is 1.00 bits per heavy atom. The van der Waals surface area contributed by atoms with Crippen molar-refractivity contribution in [1.29, 1.82) is 0 Å². The summed E-state index contributed by atoms with van der Waals surface area (Å²) in [5.41, 5.74) is 0.643. The van der Waals surface area contributed by atoms with Crippen molar-refractivity contribution in [2.24, 2.45) is 35.0 Å². The van der Waals surface area contributed by atoms with Gasteiger partial charge in [0.2, 0.25) is 0 Å². The van der Waals surface area contributed by atoms with E-state index in [0.29, 0.717) is 11.5 Å². The number of hydrogen-bond acceptors (Lipinski definition) is 1. The van der Waals surface area contributed by atoms with Crippen LogP contribution in [0.3, 0.4) is 0 Å². The molecule has 0 saturated heterocycles. The third-order valence-electron chi connectivity index (χ3n) is 7.82. The number of ether oxygens (including phenoxy) is 1. The molecule has 4 bridgehead atoms. The van der Waals surface area contributed by atoms with Gasteiger partial charge in [0.1, 0.15) is 0 Å². The van der Waals surface area contributed by atoms with E-state index in [-0.39, 0.29) is 0 Å². The third-order valence-corrected chi connectivity index (χ3v) is 7.82. The molecule has 7 atom stereocenters. The molecule has 7 unspecified atom stereocenters. The van der Waals surface area contributed by atoms with Gasteiger partial charge in [-0.2, -0.15) is 0 Å². The van der Waals surface area contributed by atoms with Gasteiger partial charge in [-0.15, -0.1) is 0 Å². The van der Waals surface area contributed by atoms with E-state index >= 15 is 0 Å². The Morgan fingerprint density at radius 3 is 2.68 bits per heavy atom. The maximum Gasteiger partial charge on any atom is 0.0609 e. The second kappa shape index (κ2) is 5.96. The van der Waals surface area contributed by atoms with Gasteiger partial charge in [0, 0.05) is 6.61 Å². The summed E-state index contributed by atoms with van der Waals surface area (Å²) in [7, 11) is 0. The lowest BCUT2D eigenvalue weighted by Gasteiger charge is -2.45. The van der Waals surface area contributed by atoms with E-state index in [0.717, 1.165) is 36.2 Å². The van der Waals surface area contributed by atoms with Crippen molar-refractivity contribution in [2.75, 3.05) is 6.61 Å². The first-order valence-electron chi connectivity index (χ1n) is 10.0. The van der Waals surface area contributed by atoms with Gasteiger partial charge in [0.25, 0.3) is 0 Å². The van der Waals surface area contributed by atoms with Gasteiger partial charge in [0.15, 0.2) is 0 Å². The van der Waals surface area contributed by atoms with E-state index < -0.39 is 0 Å². The van der Waals surface area contributed by atoms with Crippen LogP contribution in [0.5, 0.6) is 0 Å². The molecule has 3 fully saturated rings. The van der Waals surface area contributed by atoms with Gasteiger partial charge >= 0.3 is 0 Å². The second-order valence-electron chi connectivity index (χ2n) is 8.79. The molecule has 0 aromatic heterocycles. The largest absolute Gasteiger partial charge is 0.378 e. The summed E-state index contributed by atoms with van der Waals surface area (Å²) in [5, 5.41) is 0. The number of rotatable bonds is 8. The second-order valence-corrected chi connectivity index (χ2v) is 8.79. The average Bonchev–Trinajstić information content (AvgIpc) is 3.23. The van der Waals surface area contributed by atoms with Crippen molar-refractivity contribution in [2.45, 2.75) is 77.7 Å². The molecule has 4 aliphatic carbocycles. The molecule has 0 heterocycles. The summed E-state index contributed by atoms with van der Waals surface area (Å²) in [6, 6.07) is 0. The van der Waals surface area contributed by atoms with Crippen LogP contribution in [0.4, 0.5) is 0 Å². The minimum Gasteiger partial charge on any atom is -0.378 e. The van der Waals surface area contributed by atoms with E-state index in [4.69, 9.17) is 4.74 Å². The predicted octanol–water partition coefficient (Wildman–Crippen LogP) is 5.60. The van der Waals surface area contributed by atoms with Crippen LogP contribution in [-0.4, -0.2) is 12.7 Å². The van der Waals surface area contributed by atoms with E-state index in [1.807, 2.05) is 0 Å². The van der Waals surface area contributed by atoms with Crippen LogP contribution < -0.4 is 0 Å². The Labute approximate surface area is 136 Å². The van der Waals surface area contributed by atoms with E-state index in [1.54, 1.807) is 0 Å². The van der Waals surface area contributed by atoms with E-state index in [9.17, 15) is 0 Å². The quantitative estimate of drug-likeness (QED) is 0.322. The molecule has 0 aromatic rings. The molecule has 1 nitrogen and oxygen atoms in total. The highest BCUT2D eigenvalue weighted by Crippen LogP contribution is 2.72. The van der Waals surface area contributed by atoms with E-state index in [1.165, 1.54) is 57.8 Å². The highest BCUT2D eigenvalue weighted by molar-refractivity contribution is 5.25. The van der Waals surface area contributed by atoms with Crippen molar-refractivity contribution >= 4 is 0 Å². The fourth-order valence-corrected chi connectivity index (χ4v) is 6.74. The van der Waals surface area contributed by atoms with Crippen molar-refractivity contribution in [3.8, 4) is 0 Å². The van der Waals surface area contributed by atoms with Crippen molar-refractivity contribution < 1.29 is 4.74 Å². The molecule has 22 heavy (non-hydrogen) atoms. The van der Waals surface area contributed by atoms with Crippen LogP contribution in [-0.2, 0) is 4.74 Å². The molecule has 0 amide bonds. The summed E-state index contributed by atoms with van der Waals surface area (Å²) >= 11 is 0. The minimum absolute atomic E-state index is 0.603. The molecule has 0 spiro atoms. The van der Waals surface area contributed by atoms with Crippen molar-refractivity contribution in [3.63, 3.8) is 0 Å². The lowest BCUT2D eigenvalue weighted by molar-refractivity contribution is -0.0463. The van der Waals surface area contributed by atoms with Crippen LogP contribution >= 0.6 is 0 Å². The molecule has 0 radical (unpaired) electrons. The summed E-state index contributed by atoms with van der Waals surface area (Å²) in [4.78, 5) is 0. The number of fused-ring (bicyclic) bond motifs is 9. The predicted molar refractivity (Wildman–Crippen MR) is 91.7 cm³/mol. The lowest BCUT2D eigenvalue weighted by Crippen LogP contribution is -2.42. The van der Waals surface area contributed by atoms with Crippen LogP contribution in [0.15, 0.2) is 12.2 Å². The van der Waals surface area contributed by atoms with Crippen molar-refractivity contribution in [3.05, 3.63) is 12.2 Å². The molecule has 0 aromatic carbocycles. The Hall–Kier alpha value is -0.300. The van der Waals surface area contributed by atoms with Gasteiger partial charge in [-0.1, -0.05) is 58.1 Å².